The van der Waals surface area contributed by atoms with Gasteiger partial charge in [0, 0.05) is 18.3 Å². The average Bonchev–Trinajstić information content (AvgIpc) is 2.82. The van der Waals surface area contributed by atoms with Gasteiger partial charge in [-0.2, -0.15) is 0 Å². The number of hydrogen-bond donors (Lipinski definition) is 2. The van der Waals surface area contributed by atoms with Crippen LogP contribution in [0.4, 0.5) is 5.69 Å². The van der Waals surface area contributed by atoms with Gasteiger partial charge in [0.05, 0.1) is 0 Å². The zero-order valence-corrected chi connectivity index (χ0v) is 12.4. The molecule has 1 aromatic rings. The van der Waals surface area contributed by atoms with E-state index in [-0.39, 0.29) is 0 Å². The largest absolute Gasteiger partial charge is 0.398 e. The van der Waals surface area contributed by atoms with Crippen molar-refractivity contribution in [2.75, 3.05) is 5.73 Å². The van der Waals surface area contributed by atoms with Crippen molar-refractivity contribution in [3.8, 4) is 0 Å². The van der Waals surface area contributed by atoms with Crippen LogP contribution < -0.4 is 11.1 Å². The second kappa shape index (κ2) is 4.24. The fourth-order valence-corrected chi connectivity index (χ4v) is 4.72. The summed E-state index contributed by atoms with van der Waals surface area (Å²) in [5, 5.41) is 3.82. The number of nitrogens with one attached hydrogen (secondary N) is 1. The second-order valence-corrected chi connectivity index (χ2v) is 7.43. The molecule has 0 saturated heterocycles. The monoisotopic (exact) mass is 258 g/mol. The Labute approximate surface area is 116 Å². The smallest absolute Gasteiger partial charge is 0.0359 e. The maximum absolute atomic E-state index is 6.04. The second-order valence-electron chi connectivity index (χ2n) is 7.43. The Morgan fingerprint density at radius 1 is 1.26 bits per heavy atom. The van der Waals surface area contributed by atoms with E-state index >= 15 is 0 Å². The van der Waals surface area contributed by atoms with Crippen LogP contribution in [0.15, 0.2) is 24.3 Å². The van der Waals surface area contributed by atoms with Gasteiger partial charge in [0.25, 0.3) is 0 Å². The van der Waals surface area contributed by atoms with Gasteiger partial charge in [-0.25, -0.2) is 0 Å². The van der Waals surface area contributed by atoms with E-state index in [0.29, 0.717) is 16.9 Å². The van der Waals surface area contributed by atoms with Crippen molar-refractivity contribution in [1.29, 1.82) is 0 Å². The van der Waals surface area contributed by atoms with Crippen molar-refractivity contribution in [2.24, 2.45) is 16.7 Å². The SMILES string of the molecule is CC12CCC(C1)C(C)(C)C2NCc1ccccc1N. The third-order valence-electron chi connectivity index (χ3n) is 5.82. The number of rotatable bonds is 3. The molecule has 3 N–H and O–H groups in total. The molecular weight excluding hydrogens is 232 g/mol. The lowest BCUT2D eigenvalue weighted by molar-refractivity contribution is 0.108. The predicted octanol–water partition coefficient (Wildman–Crippen LogP) is 3.57. The van der Waals surface area contributed by atoms with Crippen LogP contribution in [0.3, 0.4) is 0 Å². The molecule has 3 atom stereocenters. The molecule has 2 aliphatic rings. The Morgan fingerprint density at radius 2 is 2.00 bits per heavy atom. The summed E-state index contributed by atoms with van der Waals surface area (Å²) >= 11 is 0. The molecule has 0 aromatic heterocycles. The summed E-state index contributed by atoms with van der Waals surface area (Å²) in [6.07, 6.45) is 4.18. The van der Waals surface area contributed by atoms with Crippen molar-refractivity contribution in [3.05, 3.63) is 29.8 Å². The third kappa shape index (κ3) is 1.97. The molecule has 2 saturated carbocycles. The predicted molar refractivity (Wildman–Crippen MR) is 80.7 cm³/mol. The van der Waals surface area contributed by atoms with Crippen molar-refractivity contribution < 1.29 is 0 Å². The Balaban J connectivity index is 1.75. The van der Waals surface area contributed by atoms with Gasteiger partial charge in [-0.05, 0) is 47.6 Å². The topological polar surface area (TPSA) is 38.0 Å². The summed E-state index contributed by atoms with van der Waals surface area (Å²) in [5.74, 6) is 0.892. The summed E-state index contributed by atoms with van der Waals surface area (Å²) in [6.45, 7) is 8.24. The van der Waals surface area contributed by atoms with Crippen molar-refractivity contribution in [2.45, 2.75) is 52.6 Å². The Morgan fingerprint density at radius 3 is 2.63 bits per heavy atom. The normalized spacial score (nSPS) is 35.7. The van der Waals surface area contributed by atoms with Crippen LogP contribution in [0.2, 0.25) is 0 Å². The van der Waals surface area contributed by atoms with Crippen LogP contribution in [0.5, 0.6) is 0 Å². The quantitative estimate of drug-likeness (QED) is 0.813. The van der Waals surface area contributed by atoms with Gasteiger partial charge in [-0.1, -0.05) is 39.0 Å². The van der Waals surface area contributed by atoms with E-state index in [1.54, 1.807) is 0 Å². The van der Waals surface area contributed by atoms with Crippen LogP contribution in [0.1, 0.15) is 45.6 Å². The maximum atomic E-state index is 6.04. The van der Waals surface area contributed by atoms with E-state index in [0.717, 1.165) is 18.2 Å². The molecule has 2 nitrogen and oxygen atoms in total. The lowest BCUT2D eigenvalue weighted by Crippen LogP contribution is -2.49. The first-order valence-electron chi connectivity index (χ1n) is 7.50. The number of nitrogen functional groups attached to an aromatic ring is 1. The first kappa shape index (κ1) is 13.0. The fraction of sp³-hybridized carbons (Fsp3) is 0.647. The number of benzene rings is 1. The zero-order valence-electron chi connectivity index (χ0n) is 12.4. The third-order valence-corrected chi connectivity index (χ3v) is 5.82. The molecule has 2 fully saturated rings. The van der Waals surface area contributed by atoms with E-state index in [1.165, 1.54) is 24.8 Å². The first-order valence-corrected chi connectivity index (χ1v) is 7.50. The van der Waals surface area contributed by atoms with Crippen LogP contribution in [-0.4, -0.2) is 6.04 Å². The molecule has 2 heteroatoms. The van der Waals surface area contributed by atoms with E-state index in [2.05, 4.69) is 38.2 Å². The van der Waals surface area contributed by atoms with E-state index < -0.39 is 0 Å². The minimum atomic E-state index is 0.413. The van der Waals surface area contributed by atoms with Crippen molar-refractivity contribution >= 4 is 5.69 Å². The van der Waals surface area contributed by atoms with Crippen LogP contribution >= 0.6 is 0 Å². The highest BCUT2D eigenvalue weighted by atomic mass is 15.0. The Hall–Kier alpha value is -1.02. The summed E-state index contributed by atoms with van der Waals surface area (Å²) in [7, 11) is 0. The molecule has 104 valence electrons. The molecule has 0 aliphatic heterocycles. The highest BCUT2D eigenvalue weighted by Gasteiger charge is 2.58. The lowest BCUT2D eigenvalue weighted by atomic mass is 9.68. The van der Waals surface area contributed by atoms with Crippen molar-refractivity contribution in [3.63, 3.8) is 0 Å². The van der Waals surface area contributed by atoms with Crippen LogP contribution in [0, 0.1) is 16.7 Å². The molecule has 0 heterocycles. The number of nitrogens with two attached hydrogens (primary N) is 1. The van der Waals surface area contributed by atoms with Gasteiger partial charge >= 0.3 is 0 Å². The van der Waals surface area contributed by atoms with Crippen molar-refractivity contribution in [1.82, 2.24) is 5.32 Å². The molecular formula is C17H26N2. The molecule has 0 spiro atoms. The first-order chi connectivity index (χ1) is 8.93. The maximum Gasteiger partial charge on any atom is 0.0359 e. The summed E-state index contributed by atoms with van der Waals surface area (Å²) in [4.78, 5) is 0. The molecule has 1 aromatic carbocycles. The van der Waals surface area contributed by atoms with E-state index in [1.807, 2.05) is 12.1 Å². The lowest BCUT2D eigenvalue weighted by Gasteiger charge is -2.43. The minimum Gasteiger partial charge on any atom is -0.398 e. The fourth-order valence-electron chi connectivity index (χ4n) is 4.72. The van der Waals surface area contributed by atoms with Gasteiger partial charge in [-0.15, -0.1) is 0 Å². The summed E-state index contributed by atoms with van der Waals surface area (Å²) in [6, 6.07) is 8.80. The highest BCUT2D eigenvalue weighted by Crippen LogP contribution is 2.62. The molecule has 19 heavy (non-hydrogen) atoms. The average molecular weight is 258 g/mol. The van der Waals surface area contributed by atoms with E-state index in [9.17, 15) is 0 Å². The minimum absolute atomic E-state index is 0.413. The number of anilines is 1. The Kier molecular flexibility index (Phi) is 2.90. The number of hydrogen-bond acceptors (Lipinski definition) is 2. The standard InChI is InChI=1S/C17H26N2/c1-16(2)13-8-9-17(3,10-13)15(16)19-11-12-6-4-5-7-14(12)18/h4-7,13,15,19H,8-11,18H2,1-3H3. The molecule has 0 amide bonds. The number of para-hydroxylation sites is 1. The van der Waals surface area contributed by atoms with Gasteiger partial charge in [0.2, 0.25) is 0 Å². The molecule has 2 bridgehead atoms. The van der Waals surface area contributed by atoms with Gasteiger partial charge < -0.3 is 11.1 Å². The zero-order chi connectivity index (χ0) is 13.7. The van der Waals surface area contributed by atoms with Crippen LogP contribution in [0.25, 0.3) is 0 Å². The van der Waals surface area contributed by atoms with Gasteiger partial charge in [-0.3, -0.25) is 0 Å². The molecule has 0 radical (unpaired) electrons. The summed E-state index contributed by atoms with van der Waals surface area (Å²) in [5.41, 5.74) is 9.07. The van der Waals surface area contributed by atoms with Crippen LogP contribution in [-0.2, 0) is 6.54 Å². The molecule has 3 unspecified atom stereocenters. The summed E-state index contributed by atoms with van der Waals surface area (Å²) < 4.78 is 0. The van der Waals surface area contributed by atoms with Gasteiger partial charge in [0.1, 0.15) is 0 Å². The molecule has 2 aliphatic carbocycles. The number of fused-ring (bicyclic) bond motifs is 2. The van der Waals surface area contributed by atoms with E-state index in [4.69, 9.17) is 5.73 Å². The van der Waals surface area contributed by atoms with Gasteiger partial charge in [0.15, 0.2) is 0 Å². The molecule has 3 rings (SSSR count). The highest BCUT2D eigenvalue weighted by molar-refractivity contribution is 5.46. The Bertz CT molecular complexity index is 475.